The van der Waals surface area contributed by atoms with Gasteiger partial charge in [0, 0.05) is 52.7 Å². The van der Waals surface area contributed by atoms with E-state index in [0.717, 1.165) is 5.56 Å². The third-order valence-corrected chi connectivity index (χ3v) is 9.65. The van der Waals surface area contributed by atoms with Gasteiger partial charge >= 0.3 is 0 Å². The number of hydrazine groups is 1. The molecule has 48 heavy (non-hydrogen) atoms. The molecule has 0 fully saturated rings. The smallest absolute Gasteiger partial charge is 0.266 e. The van der Waals surface area contributed by atoms with E-state index in [-0.39, 0.29) is 36.1 Å². The fourth-order valence-corrected chi connectivity index (χ4v) is 6.68. The van der Waals surface area contributed by atoms with Gasteiger partial charge in [0.1, 0.15) is 5.75 Å². The molecule has 1 aliphatic rings. The summed E-state index contributed by atoms with van der Waals surface area (Å²) < 4.78 is 39.2. The van der Waals surface area contributed by atoms with Gasteiger partial charge < -0.3 is 14.6 Å². The number of azide groups is 1. The molecule has 4 aromatic rings. The molecular weight excluding hydrogens is 656 g/mol. The summed E-state index contributed by atoms with van der Waals surface area (Å²) in [4.78, 5) is 22.3. The maximum absolute atomic E-state index is 14.4. The molecule has 0 saturated carbocycles. The van der Waals surface area contributed by atoms with Crippen molar-refractivity contribution in [3.8, 4) is 5.75 Å². The maximum Gasteiger partial charge on any atom is 0.266 e. The molecule has 0 aromatic heterocycles. The molecule has 4 aromatic carbocycles. The van der Waals surface area contributed by atoms with Gasteiger partial charge in [-0.15, -0.1) is 0 Å². The average Bonchev–Trinajstić information content (AvgIpc) is 3.50. The van der Waals surface area contributed by atoms with Crippen LogP contribution in [0.5, 0.6) is 5.75 Å². The van der Waals surface area contributed by atoms with Gasteiger partial charge in [0.05, 0.1) is 17.3 Å². The van der Waals surface area contributed by atoms with Crippen LogP contribution in [0.25, 0.3) is 10.4 Å². The SMILES string of the molecule is [N-]=[N+]=Nc1ccccc1[C@@H]1OC(c2ccc(OCCCO)cc2)=N[C@]1(CCS(=O)(=O)c1ccccc1)C(=O)NNCc1ccc(Cl)cc1. The Morgan fingerprint density at radius 3 is 2.44 bits per heavy atom. The lowest BCUT2D eigenvalue weighted by Gasteiger charge is -2.31. The topological polar surface area (TPSA) is 175 Å². The second-order valence-corrected chi connectivity index (χ2v) is 13.4. The summed E-state index contributed by atoms with van der Waals surface area (Å²) in [6.45, 7) is 0.560. The van der Waals surface area contributed by atoms with Crippen molar-refractivity contribution in [2.24, 2.45) is 10.1 Å². The second-order valence-electron chi connectivity index (χ2n) is 10.9. The largest absolute Gasteiger partial charge is 0.494 e. The molecule has 12 nitrogen and oxygen atoms in total. The van der Waals surface area contributed by atoms with Crippen LogP contribution in [-0.4, -0.2) is 49.8 Å². The number of sulfone groups is 1. The summed E-state index contributed by atoms with van der Waals surface area (Å²) in [7, 11) is -3.87. The Labute approximate surface area is 282 Å². The van der Waals surface area contributed by atoms with E-state index < -0.39 is 33.1 Å². The van der Waals surface area contributed by atoms with E-state index in [1.54, 1.807) is 91.0 Å². The highest BCUT2D eigenvalue weighted by molar-refractivity contribution is 7.91. The number of hydrogen-bond donors (Lipinski definition) is 3. The number of amides is 1. The Morgan fingerprint density at radius 2 is 1.73 bits per heavy atom. The zero-order chi connectivity index (χ0) is 34.0. The molecule has 1 aliphatic heterocycles. The van der Waals surface area contributed by atoms with E-state index in [4.69, 9.17) is 31.2 Å². The summed E-state index contributed by atoms with van der Waals surface area (Å²) in [5, 5.41) is 13.5. The third kappa shape index (κ3) is 8.14. The predicted molar refractivity (Wildman–Crippen MR) is 182 cm³/mol. The first-order valence-corrected chi connectivity index (χ1v) is 17.1. The summed E-state index contributed by atoms with van der Waals surface area (Å²) in [5.74, 6) is -0.456. The molecule has 0 unspecified atom stereocenters. The number of aliphatic imine (C=N–C) groups is 1. The van der Waals surface area contributed by atoms with Gasteiger partial charge in [-0.1, -0.05) is 71.3 Å². The van der Waals surface area contributed by atoms with Crippen molar-refractivity contribution in [1.29, 1.82) is 0 Å². The van der Waals surface area contributed by atoms with E-state index >= 15 is 0 Å². The number of aliphatic hydroxyl groups excluding tert-OH is 1. The molecule has 0 bridgehead atoms. The molecule has 14 heteroatoms. The molecule has 1 heterocycles. The van der Waals surface area contributed by atoms with Gasteiger partial charge in [0.2, 0.25) is 5.90 Å². The van der Waals surface area contributed by atoms with Crippen LogP contribution < -0.4 is 15.6 Å². The van der Waals surface area contributed by atoms with Crippen LogP contribution in [0.15, 0.2) is 118 Å². The van der Waals surface area contributed by atoms with E-state index in [1.807, 2.05) is 0 Å². The number of carbonyl (C=O) groups is 1. The van der Waals surface area contributed by atoms with Crippen molar-refractivity contribution in [3.05, 3.63) is 135 Å². The van der Waals surface area contributed by atoms with Crippen LogP contribution in [0.3, 0.4) is 0 Å². The lowest BCUT2D eigenvalue weighted by atomic mass is 9.84. The lowest BCUT2D eigenvalue weighted by Crippen LogP contribution is -2.53. The monoisotopic (exact) mass is 688 g/mol. The highest BCUT2D eigenvalue weighted by Crippen LogP contribution is 2.45. The van der Waals surface area contributed by atoms with Crippen LogP contribution in [0.1, 0.15) is 35.6 Å². The van der Waals surface area contributed by atoms with Gasteiger partial charge in [-0.3, -0.25) is 10.2 Å². The van der Waals surface area contributed by atoms with Crippen molar-refractivity contribution >= 4 is 38.9 Å². The second kappa shape index (κ2) is 15.8. The molecule has 0 radical (unpaired) electrons. The van der Waals surface area contributed by atoms with E-state index in [9.17, 15) is 18.7 Å². The zero-order valence-corrected chi connectivity index (χ0v) is 27.3. The zero-order valence-electron chi connectivity index (χ0n) is 25.7. The summed E-state index contributed by atoms with van der Waals surface area (Å²) in [6.07, 6.45) is -0.989. The minimum atomic E-state index is -3.87. The van der Waals surface area contributed by atoms with E-state index in [1.165, 1.54) is 12.1 Å². The summed E-state index contributed by atoms with van der Waals surface area (Å²) >= 11 is 6.01. The van der Waals surface area contributed by atoms with Gasteiger partial charge in [-0.05, 0) is 59.6 Å². The van der Waals surface area contributed by atoms with Crippen molar-refractivity contribution in [1.82, 2.24) is 10.9 Å². The third-order valence-electron chi connectivity index (χ3n) is 7.66. The first-order chi connectivity index (χ1) is 23.3. The van der Waals surface area contributed by atoms with Crippen molar-refractivity contribution in [2.75, 3.05) is 19.0 Å². The number of ether oxygens (including phenoxy) is 2. The van der Waals surface area contributed by atoms with Gasteiger partial charge in [0.25, 0.3) is 5.91 Å². The first-order valence-electron chi connectivity index (χ1n) is 15.1. The van der Waals surface area contributed by atoms with Crippen LogP contribution in [0.2, 0.25) is 5.02 Å². The van der Waals surface area contributed by atoms with Crippen molar-refractivity contribution in [2.45, 2.75) is 35.9 Å². The number of rotatable bonds is 15. The van der Waals surface area contributed by atoms with Crippen molar-refractivity contribution < 1.29 is 27.8 Å². The van der Waals surface area contributed by atoms with Gasteiger partial charge in [-0.2, -0.15) is 0 Å². The normalized spacial score (nSPS) is 17.1. The molecule has 5 rings (SSSR count). The Bertz CT molecular complexity index is 1900. The van der Waals surface area contributed by atoms with Gasteiger partial charge in [0.15, 0.2) is 21.5 Å². The molecule has 0 aliphatic carbocycles. The number of nitrogens with zero attached hydrogens (tertiary/aromatic N) is 4. The number of halogens is 1. The fourth-order valence-electron chi connectivity index (χ4n) is 5.17. The molecule has 1 amide bonds. The average molecular weight is 689 g/mol. The minimum Gasteiger partial charge on any atom is -0.494 e. The van der Waals surface area contributed by atoms with Crippen LogP contribution >= 0.6 is 11.6 Å². The Hall–Kier alpha value is -4.91. The van der Waals surface area contributed by atoms with Crippen molar-refractivity contribution in [3.63, 3.8) is 0 Å². The number of aliphatic hydroxyl groups is 1. The predicted octanol–water partition coefficient (Wildman–Crippen LogP) is 5.98. The van der Waals surface area contributed by atoms with E-state index in [2.05, 4.69) is 20.9 Å². The molecule has 248 valence electrons. The highest BCUT2D eigenvalue weighted by atomic mass is 35.5. The molecule has 3 N–H and O–H groups in total. The van der Waals surface area contributed by atoms with Crippen LogP contribution in [0, 0.1) is 0 Å². The highest BCUT2D eigenvalue weighted by Gasteiger charge is 2.54. The molecule has 2 atom stereocenters. The molecular formula is C34H33ClN6O6S. The van der Waals surface area contributed by atoms with Gasteiger partial charge in [-0.25, -0.2) is 18.8 Å². The van der Waals surface area contributed by atoms with Crippen LogP contribution in [0.4, 0.5) is 5.69 Å². The number of hydrogen-bond acceptors (Lipinski definition) is 9. The van der Waals surface area contributed by atoms with Crippen LogP contribution in [-0.2, 0) is 25.9 Å². The number of carbonyl (C=O) groups excluding carboxylic acids is 1. The lowest BCUT2D eigenvalue weighted by molar-refractivity contribution is -0.130. The minimum absolute atomic E-state index is 0.000134. The maximum atomic E-state index is 14.4. The summed E-state index contributed by atoms with van der Waals surface area (Å²) in [5.41, 5.74) is 15.0. The molecule has 0 spiro atoms. The number of nitrogens with one attached hydrogen (secondary N) is 2. The standard InChI is InChI=1S/C34H33ClN6O6S/c35-26-15-11-24(12-16-26)23-37-40-33(43)34(19-22-48(44,45)28-7-2-1-3-8-28)31(29-9-4-5-10-30(29)39-41-36)47-32(38-34)25-13-17-27(18-14-25)46-21-6-20-42/h1-5,7-18,31,37,42H,6,19-23H2,(H,40,43)/t31-,34-/m0/s1. The first kappa shape index (κ1) is 34.4. The number of benzene rings is 4. The molecule has 0 saturated heterocycles. The summed E-state index contributed by atoms with van der Waals surface area (Å²) in [6, 6.07) is 28.4. The van der Waals surface area contributed by atoms with E-state index in [0.29, 0.717) is 34.9 Å². The quantitative estimate of drug-likeness (QED) is 0.0452. The Balaban J connectivity index is 1.56. The fraction of sp³-hybridized carbons (Fsp3) is 0.235. The Kier molecular flexibility index (Phi) is 11.3. The Morgan fingerprint density at radius 1 is 1.02 bits per heavy atom.